The van der Waals surface area contributed by atoms with E-state index < -0.39 is 17.6 Å². The fraction of sp³-hybridized carbons (Fsp3) is 0.136. The number of carbonyl (C=O) groups is 2. The highest BCUT2D eigenvalue weighted by atomic mass is 19.4. The lowest BCUT2D eigenvalue weighted by Crippen LogP contribution is -2.27. The Balaban J connectivity index is 1.59. The third kappa shape index (κ3) is 4.80. The van der Waals surface area contributed by atoms with E-state index in [2.05, 4.69) is 30.8 Å². The first-order valence-corrected chi connectivity index (χ1v) is 9.88. The van der Waals surface area contributed by atoms with Crippen LogP contribution in [0.25, 0.3) is 22.0 Å². The molecule has 4 rings (SSSR count). The zero-order valence-corrected chi connectivity index (χ0v) is 17.9. The molecule has 0 unspecified atom stereocenters. The summed E-state index contributed by atoms with van der Waals surface area (Å²) in [5.41, 5.74) is 1.61. The van der Waals surface area contributed by atoms with Gasteiger partial charge in [0.05, 0.1) is 23.0 Å². The number of aromatic amines is 1. The Hall–Kier alpha value is -4.48. The number of halogens is 3. The minimum absolute atomic E-state index is 0.0427. The lowest BCUT2D eigenvalue weighted by molar-refractivity contribution is -0.137. The van der Waals surface area contributed by atoms with Crippen LogP contribution < -0.4 is 10.6 Å². The van der Waals surface area contributed by atoms with Crippen LogP contribution in [0.3, 0.4) is 0 Å². The Morgan fingerprint density at radius 3 is 2.44 bits per heavy atom. The molecule has 4 aromatic rings. The molecule has 3 heterocycles. The number of pyridine rings is 2. The van der Waals surface area contributed by atoms with Crippen LogP contribution in [0, 0.1) is 0 Å². The quantitative estimate of drug-likeness (QED) is 0.410. The first-order chi connectivity index (χ1) is 16.1. The molecule has 0 saturated carbocycles. The molecule has 0 bridgehead atoms. The number of hydrogen-bond donors (Lipinski definition) is 3. The number of fused-ring (bicyclic) bond motifs is 1. The summed E-state index contributed by atoms with van der Waals surface area (Å²) >= 11 is 0. The molecule has 3 aromatic heterocycles. The SMILES string of the molecule is CN(C)C(=O)Nc1cncc(-c2ccc3[nH]nc(C(=O)Nc4ccc(C(F)(F)F)cn4)c3c2)c1. The van der Waals surface area contributed by atoms with Crippen LogP contribution in [0.1, 0.15) is 16.1 Å². The molecule has 0 fully saturated rings. The van der Waals surface area contributed by atoms with Crippen LogP contribution in [-0.4, -0.2) is 51.1 Å². The van der Waals surface area contributed by atoms with Crippen molar-refractivity contribution in [3.63, 3.8) is 0 Å². The van der Waals surface area contributed by atoms with Crippen molar-refractivity contribution >= 4 is 34.3 Å². The fourth-order valence-corrected chi connectivity index (χ4v) is 3.08. The van der Waals surface area contributed by atoms with Gasteiger partial charge in [0.25, 0.3) is 5.91 Å². The molecule has 0 radical (unpaired) electrons. The van der Waals surface area contributed by atoms with Crippen LogP contribution in [-0.2, 0) is 6.18 Å². The van der Waals surface area contributed by atoms with Crippen LogP contribution >= 0.6 is 0 Å². The molecule has 3 N–H and O–H groups in total. The Morgan fingerprint density at radius 1 is 0.971 bits per heavy atom. The maximum Gasteiger partial charge on any atom is 0.417 e. The van der Waals surface area contributed by atoms with Crippen molar-refractivity contribution in [3.05, 3.63) is 66.2 Å². The van der Waals surface area contributed by atoms with Crippen molar-refractivity contribution in [2.45, 2.75) is 6.18 Å². The molecule has 0 aliphatic carbocycles. The zero-order valence-electron chi connectivity index (χ0n) is 17.9. The van der Waals surface area contributed by atoms with Gasteiger partial charge < -0.3 is 15.5 Å². The van der Waals surface area contributed by atoms with Crippen molar-refractivity contribution in [3.8, 4) is 11.1 Å². The molecular formula is C22H18F3N7O2. The topological polar surface area (TPSA) is 116 Å². The summed E-state index contributed by atoms with van der Waals surface area (Å²) in [4.78, 5) is 33.8. The fourth-order valence-electron chi connectivity index (χ4n) is 3.08. The predicted octanol–water partition coefficient (Wildman–Crippen LogP) is 4.38. The number of rotatable bonds is 4. The summed E-state index contributed by atoms with van der Waals surface area (Å²) in [6.45, 7) is 0. The first kappa shape index (κ1) is 22.7. The molecule has 0 aliphatic rings. The van der Waals surface area contributed by atoms with Gasteiger partial charge in [0.15, 0.2) is 5.69 Å². The number of aromatic nitrogens is 4. The van der Waals surface area contributed by atoms with E-state index in [9.17, 15) is 22.8 Å². The minimum Gasteiger partial charge on any atom is -0.331 e. The molecule has 0 saturated heterocycles. The number of alkyl halides is 3. The zero-order chi connectivity index (χ0) is 24.5. The molecule has 174 valence electrons. The van der Waals surface area contributed by atoms with Gasteiger partial charge in [0.2, 0.25) is 0 Å². The van der Waals surface area contributed by atoms with Crippen molar-refractivity contribution in [1.82, 2.24) is 25.1 Å². The number of H-pyrrole nitrogens is 1. The van der Waals surface area contributed by atoms with Crippen LogP contribution in [0.4, 0.5) is 29.5 Å². The summed E-state index contributed by atoms with van der Waals surface area (Å²) in [5.74, 6) is -0.681. The van der Waals surface area contributed by atoms with E-state index in [1.807, 2.05) is 0 Å². The van der Waals surface area contributed by atoms with E-state index in [1.54, 1.807) is 44.6 Å². The second kappa shape index (κ2) is 8.81. The van der Waals surface area contributed by atoms with E-state index >= 15 is 0 Å². The lowest BCUT2D eigenvalue weighted by atomic mass is 10.0. The lowest BCUT2D eigenvalue weighted by Gasteiger charge is -2.12. The Kier molecular flexibility index (Phi) is 5.88. The molecule has 0 spiro atoms. The van der Waals surface area contributed by atoms with Crippen LogP contribution in [0.5, 0.6) is 0 Å². The van der Waals surface area contributed by atoms with E-state index in [0.717, 1.165) is 12.1 Å². The molecule has 12 heteroatoms. The van der Waals surface area contributed by atoms with Crippen LogP contribution in [0.2, 0.25) is 0 Å². The van der Waals surface area contributed by atoms with E-state index in [0.29, 0.717) is 33.9 Å². The third-order valence-electron chi connectivity index (χ3n) is 4.84. The maximum atomic E-state index is 12.7. The largest absolute Gasteiger partial charge is 0.417 e. The second-order valence-electron chi connectivity index (χ2n) is 7.50. The van der Waals surface area contributed by atoms with Gasteiger partial charge in [-0.05, 0) is 35.9 Å². The second-order valence-corrected chi connectivity index (χ2v) is 7.50. The minimum atomic E-state index is -4.52. The summed E-state index contributed by atoms with van der Waals surface area (Å²) in [5, 5.41) is 12.5. The number of hydrogen-bond acceptors (Lipinski definition) is 5. The molecule has 3 amide bonds. The van der Waals surface area contributed by atoms with Gasteiger partial charge in [-0.25, -0.2) is 9.78 Å². The number of anilines is 2. The monoisotopic (exact) mass is 469 g/mol. The van der Waals surface area contributed by atoms with Gasteiger partial charge in [0, 0.05) is 37.4 Å². The summed E-state index contributed by atoms with van der Waals surface area (Å²) in [6.07, 6.45) is -0.757. The van der Waals surface area contributed by atoms with Gasteiger partial charge in [-0.2, -0.15) is 18.3 Å². The first-order valence-electron chi connectivity index (χ1n) is 9.88. The van der Waals surface area contributed by atoms with Crippen molar-refractivity contribution in [1.29, 1.82) is 0 Å². The van der Waals surface area contributed by atoms with E-state index in [-0.39, 0.29) is 17.5 Å². The molecule has 1 aromatic carbocycles. The van der Waals surface area contributed by atoms with Crippen molar-refractivity contribution in [2.75, 3.05) is 24.7 Å². The molecule has 9 nitrogen and oxygen atoms in total. The highest BCUT2D eigenvalue weighted by Crippen LogP contribution is 2.29. The number of nitrogens with one attached hydrogen (secondary N) is 3. The smallest absolute Gasteiger partial charge is 0.331 e. The van der Waals surface area contributed by atoms with Gasteiger partial charge in [-0.3, -0.25) is 14.9 Å². The summed E-state index contributed by atoms with van der Waals surface area (Å²) in [6, 6.07) is 8.59. The van der Waals surface area contributed by atoms with Crippen molar-refractivity contribution in [2.24, 2.45) is 0 Å². The Bertz CT molecular complexity index is 1370. The van der Waals surface area contributed by atoms with Crippen molar-refractivity contribution < 1.29 is 22.8 Å². The Morgan fingerprint density at radius 2 is 1.76 bits per heavy atom. The van der Waals surface area contributed by atoms with Gasteiger partial charge in [0.1, 0.15) is 5.82 Å². The molecule has 0 atom stereocenters. The highest BCUT2D eigenvalue weighted by molar-refractivity contribution is 6.11. The summed E-state index contributed by atoms with van der Waals surface area (Å²) in [7, 11) is 3.23. The molecule has 34 heavy (non-hydrogen) atoms. The van der Waals surface area contributed by atoms with Gasteiger partial charge in [-0.1, -0.05) is 6.07 Å². The highest BCUT2D eigenvalue weighted by Gasteiger charge is 2.30. The average Bonchev–Trinajstić information content (AvgIpc) is 3.22. The number of nitrogens with zero attached hydrogens (tertiary/aromatic N) is 4. The molecular weight excluding hydrogens is 451 g/mol. The summed E-state index contributed by atoms with van der Waals surface area (Å²) < 4.78 is 38.1. The van der Waals surface area contributed by atoms with Crippen LogP contribution in [0.15, 0.2) is 55.0 Å². The standard InChI is InChI=1S/C22H18F3N7O2/c1-32(2)21(34)28-15-7-13(9-26-11-15)12-3-5-17-16(8-12)19(31-30-17)20(33)29-18-6-4-14(10-27-18)22(23,24)25/h3-11H,1-2H3,(H,28,34)(H,30,31)(H,27,29,33). The molecule has 0 aliphatic heterocycles. The third-order valence-corrected chi connectivity index (χ3v) is 4.84. The average molecular weight is 469 g/mol. The Labute approximate surface area is 191 Å². The number of carbonyl (C=O) groups excluding carboxylic acids is 2. The van der Waals surface area contributed by atoms with Gasteiger partial charge >= 0.3 is 12.2 Å². The van der Waals surface area contributed by atoms with Gasteiger partial charge in [-0.15, -0.1) is 0 Å². The number of amides is 3. The number of urea groups is 1. The van der Waals surface area contributed by atoms with E-state index in [1.165, 1.54) is 11.1 Å². The number of benzene rings is 1. The normalized spacial score (nSPS) is 11.3. The predicted molar refractivity (Wildman–Crippen MR) is 119 cm³/mol. The maximum absolute atomic E-state index is 12.7. The van der Waals surface area contributed by atoms with E-state index in [4.69, 9.17) is 0 Å².